The minimum Gasteiger partial charge on any atom is -0.478 e. The molecular formula is C31H26F3NO3. The lowest BCUT2D eigenvalue weighted by molar-refractivity contribution is -0.137. The Kier molecular flexibility index (Phi) is 5.81. The standard InChI is InChI=1S/C31H26F3NO3/c32-31(33,34)24-8-1-18(2-9-24)20-5-12-27-21(13-20)14-22(29(36)37)15-28(27)19-3-6-23(7-4-19)30(38)16-25-10-11-26(17-30)35-25/h1-9,12-15,25-26,35,38H,10-11,16-17H2,(H,36,37). The Bertz CT molecular complexity index is 1520. The maximum absolute atomic E-state index is 13.0. The van der Waals surface area contributed by atoms with E-state index in [2.05, 4.69) is 5.32 Å². The highest BCUT2D eigenvalue weighted by molar-refractivity contribution is 6.04. The van der Waals surface area contributed by atoms with Crippen molar-refractivity contribution < 1.29 is 28.2 Å². The summed E-state index contributed by atoms with van der Waals surface area (Å²) in [4.78, 5) is 11.9. The molecule has 0 amide bonds. The number of carboxylic acid groups (broad SMARTS) is 1. The molecule has 6 rings (SSSR count). The number of nitrogens with one attached hydrogen (secondary N) is 1. The van der Waals surface area contributed by atoms with Gasteiger partial charge in [0.25, 0.3) is 0 Å². The minimum absolute atomic E-state index is 0.120. The summed E-state index contributed by atoms with van der Waals surface area (Å²) in [6, 6.07) is 22.0. The number of rotatable bonds is 4. The molecule has 2 fully saturated rings. The summed E-state index contributed by atoms with van der Waals surface area (Å²) >= 11 is 0. The molecule has 4 aromatic carbocycles. The second kappa shape index (κ2) is 8.96. The van der Waals surface area contributed by atoms with Crippen molar-refractivity contribution in [3.05, 3.63) is 95.6 Å². The van der Waals surface area contributed by atoms with Crippen LogP contribution in [0.5, 0.6) is 0 Å². The van der Waals surface area contributed by atoms with E-state index in [-0.39, 0.29) is 5.56 Å². The third-order valence-electron chi connectivity index (χ3n) is 7.98. The van der Waals surface area contributed by atoms with Crippen LogP contribution in [0, 0.1) is 0 Å². The van der Waals surface area contributed by atoms with Crippen molar-refractivity contribution in [2.24, 2.45) is 0 Å². The van der Waals surface area contributed by atoms with Crippen molar-refractivity contribution in [2.75, 3.05) is 0 Å². The van der Waals surface area contributed by atoms with Crippen LogP contribution in [0.4, 0.5) is 13.2 Å². The second-order valence-electron chi connectivity index (χ2n) is 10.5. The number of carboxylic acids is 1. The van der Waals surface area contributed by atoms with Gasteiger partial charge in [0.15, 0.2) is 0 Å². The molecule has 2 saturated heterocycles. The number of hydrogen-bond donors (Lipinski definition) is 3. The van der Waals surface area contributed by atoms with Gasteiger partial charge in [-0.05, 0) is 94.6 Å². The minimum atomic E-state index is -4.41. The Balaban J connectivity index is 1.38. The number of hydrogen-bond acceptors (Lipinski definition) is 3. The van der Waals surface area contributed by atoms with Crippen LogP contribution in [0.25, 0.3) is 33.0 Å². The summed E-state index contributed by atoms with van der Waals surface area (Å²) in [7, 11) is 0. The lowest BCUT2D eigenvalue weighted by Crippen LogP contribution is -2.46. The van der Waals surface area contributed by atoms with Crippen LogP contribution in [0.1, 0.15) is 47.2 Å². The number of aromatic carboxylic acids is 1. The summed E-state index contributed by atoms with van der Waals surface area (Å²) in [6.07, 6.45) is -0.910. The predicted molar refractivity (Wildman–Crippen MR) is 140 cm³/mol. The molecule has 0 saturated carbocycles. The van der Waals surface area contributed by atoms with Crippen molar-refractivity contribution in [3.63, 3.8) is 0 Å². The fourth-order valence-electron chi connectivity index (χ4n) is 6.08. The Morgan fingerprint density at radius 3 is 2.03 bits per heavy atom. The van der Waals surface area contributed by atoms with Crippen LogP contribution in [0.2, 0.25) is 0 Å². The second-order valence-corrected chi connectivity index (χ2v) is 10.5. The molecule has 194 valence electrons. The quantitative estimate of drug-likeness (QED) is 0.273. The van der Waals surface area contributed by atoms with Gasteiger partial charge in [-0.15, -0.1) is 0 Å². The Morgan fingerprint density at radius 1 is 0.816 bits per heavy atom. The van der Waals surface area contributed by atoms with E-state index in [4.69, 9.17) is 0 Å². The highest BCUT2D eigenvalue weighted by atomic mass is 19.4. The van der Waals surface area contributed by atoms with Gasteiger partial charge in [-0.1, -0.05) is 48.5 Å². The van der Waals surface area contributed by atoms with Crippen LogP contribution in [-0.4, -0.2) is 28.3 Å². The van der Waals surface area contributed by atoms with E-state index in [1.165, 1.54) is 12.1 Å². The largest absolute Gasteiger partial charge is 0.478 e. The van der Waals surface area contributed by atoms with Gasteiger partial charge < -0.3 is 15.5 Å². The van der Waals surface area contributed by atoms with Crippen molar-refractivity contribution in [1.82, 2.24) is 5.32 Å². The van der Waals surface area contributed by atoms with Crippen molar-refractivity contribution >= 4 is 16.7 Å². The first kappa shape index (κ1) is 24.6. The highest BCUT2D eigenvalue weighted by Gasteiger charge is 2.43. The number of piperidine rings is 1. The number of aliphatic hydroxyl groups is 1. The van der Waals surface area contributed by atoms with Gasteiger partial charge in [-0.2, -0.15) is 13.2 Å². The number of alkyl halides is 3. The lowest BCUT2D eigenvalue weighted by atomic mass is 9.81. The molecular weight excluding hydrogens is 491 g/mol. The van der Waals surface area contributed by atoms with Crippen LogP contribution in [-0.2, 0) is 11.8 Å². The maximum atomic E-state index is 13.0. The maximum Gasteiger partial charge on any atom is 0.416 e. The first-order chi connectivity index (χ1) is 18.1. The molecule has 38 heavy (non-hydrogen) atoms. The van der Waals surface area contributed by atoms with E-state index in [1.54, 1.807) is 18.2 Å². The summed E-state index contributed by atoms with van der Waals surface area (Å²) in [5, 5.41) is 26.2. The molecule has 2 unspecified atom stereocenters. The van der Waals surface area contributed by atoms with E-state index >= 15 is 0 Å². The molecule has 3 N–H and O–H groups in total. The number of fused-ring (bicyclic) bond motifs is 3. The smallest absolute Gasteiger partial charge is 0.416 e. The van der Waals surface area contributed by atoms with Gasteiger partial charge in [0.05, 0.1) is 16.7 Å². The molecule has 2 aliphatic rings. The third kappa shape index (κ3) is 4.46. The summed E-state index contributed by atoms with van der Waals surface area (Å²) in [5.74, 6) is -1.07. The third-order valence-corrected chi connectivity index (χ3v) is 7.98. The summed E-state index contributed by atoms with van der Waals surface area (Å²) in [6.45, 7) is 0. The van der Waals surface area contributed by atoms with E-state index in [1.807, 2.05) is 36.4 Å². The molecule has 2 atom stereocenters. The van der Waals surface area contributed by atoms with Gasteiger partial charge in [0.1, 0.15) is 0 Å². The molecule has 4 aromatic rings. The average Bonchev–Trinajstić information content (AvgIpc) is 3.25. The average molecular weight is 518 g/mol. The Hall–Kier alpha value is -3.68. The number of carbonyl (C=O) groups is 1. The molecule has 2 aliphatic heterocycles. The van der Waals surface area contributed by atoms with Crippen molar-refractivity contribution in [3.8, 4) is 22.3 Å². The number of benzene rings is 4. The van der Waals surface area contributed by atoms with Gasteiger partial charge in [0.2, 0.25) is 0 Å². The fourth-order valence-corrected chi connectivity index (χ4v) is 6.08. The Labute approximate surface area is 217 Å². The molecule has 0 aliphatic carbocycles. The predicted octanol–water partition coefficient (Wildman–Crippen LogP) is 6.99. The number of halogens is 3. The van der Waals surface area contributed by atoms with E-state index in [0.717, 1.165) is 47.1 Å². The van der Waals surface area contributed by atoms with Gasteiger partial charge >= 0.3 is 12.1 Å². The van der Waals surface area contributed by atoms with E-state index < -0.39 is 23.3 Å². The van der Waals surface area contributed by atoms with Gasteiger partial charge in [0, 0.05) is 12.1 Å². The molecule has 7 heteroatoms. The zero-order valence-electron chi connectivity index (χ0n) is 20.4. The molecule has 0 aromatic heterocycles. The van der Waals surface area contributed by atoms with Crippen LogP contribution in [0.3, 0.4) is 0 Å². The van der Waals surface area contributed by atoms with Crippen LogP contribution < -0.4 is 5.32 Å². The molecule has 0 radical (unpaired) electrons. The van der Waals surface area contributed by atoms with Crippen LogP contribution >= 0.6 is 0 Å². The zero-order chi connectivity index (χ0) is 26.7. The van der Waals surface area contributed by atoms with E-state index in [0.29, 0.717) is 41.4 Å². The summed E-state index contributed by atoms with van der Waals surface area (Å²) in [5.41, 5.74) is 2.25. The topological polar surface area (TPSA) is 69.6 Å². The first-order valence-corrected chi connectivity index (χ1v) is 12.7. The van der Waals surface area contributed by atoms with Crippen LogP contribution in [0.15, 0.2) is 78.9 Å². The first-order valence-electron chi connectivity index (χ1n) is 12.7. The highest BCUT2D eigenvalue weighted by Crippen LogP contribution is 2.42. The zero-order valence-corrected chi connectivity index (χ0v) is 20.4. The molecule has 4 nitrogen and oxygen atoms in total. The van der Waals surface area contributed by atoms with Gasteiger partial charge in [-0.3, -0.25) is 0 Å². The molecule has 2 bridgehead atoms. The van der Waals surface area contributed by atoms with E-state index in [9.17, 15) is 28.2 Å². The normalized spacial score (nSPS) is 23.1. The van der Waals surface area contributed by atoms with Crippen molar-refractivity contribution in [1.29, 1.82) is 0 Å². The lowest BCUT2D eigenvalue weighted by Gasteiger charge is -2.37. The molecule has 2 heterocycles. The SMILES string of the molecule is O=C(O)c1cc(-c2ccc(C3(O)CC4CCC(C3)N4)cc2)c2ccc(-c3ccc(C(F)(F)F)cc3)cc2c1. The molecule has 0 spiro atoms. The van der Waals surface area contributed by atoms with Gasteiger partial charge in [-0.25, -0.2) is 4.79 Å². The monoisotopic (exact) mass is 517 g/mol. The van der Waals surface area contributed by atoms with Crippen molar-refractivity contribution in [2.45, 2.75) is 49.5 Å². The summed E-state index contributed by atoms with van der Waals surface area (Å²) < 4.78 is 38.9. The fraction of sp³-hybridized carbons (Fsp3) is 0.258. The Morgan fingerprint density at radius 2 is 1.42 bits per heavy atom.